The molecule has 4 heteroatoms. The summed E-state index contributed by atoms with van der Waals surface area (Å²) in [6.45, 7) is 3.52. The minimum absolute atomic E-state index is 0.00503. The van der Waals surface area contributed by atoms with E-state index in [1.54, 1.807) is 19.4 Å². The summed E-state index contributed by atoms with van der Waals surface area (Å²) in [5.41, 5.74) is 2.87. The number of nitrogens with zero attached hydrogens (tertiary/aromatic N) is 1. The molecule has 0 unspecified atom stereocenters. The number of aryl methyl sites for hydroxylation is 1. The Morgan fingerprint density at radius 1 is 1.33 bits per heavy atom. The SMILES string of the molecule is COc1ccc(Nc2ncccc2/C=C/C(C)=O)c(C)c1. The summed E-state index contributed by atoms with van der Waals surface area (Å²) in [6, 6.07) is 9.54. The Kier molecular flexibility index (Phi) is 4.72. The molecule has 0 aliphatic rings. The molecule has 1 N–H and O–H groups in total. The molecule has 1 aromatic carbocycles. The smallest absolute Gasteiger partial charge is 0.152 e. The highest BCUT2D eigenvalue weighted by Gasteiger charge is 2.05. The van der Waals surface area contributed by atoms with E-state index in [-0.39, 0.29) is 5.78 Å². The summed E-state index contributed by atoms with van der Waals surface area (Å²) in [7, 11) is 1.64. The summed E-state index contributed by atoms with van der Waals surface area (Å²) < 4.78 is 5.20. The van der Waals surface area contributed by atoms with Crippen LogP contribution in [0.5, 0.6) is 5.75 Å². The number of pyridine rings is 1. The second-order valence-electron chi connectivity index (χ2n) is 4.69. The predicted octanol–water partition coefficient (Wildman–Crippen LogP) is 3.74. The number of anilines is 2. The molecule has 2 rings (SSSR count). The van der Waals surface area contributed by atoms with Crippen LogP contribution in [0, 0.1) is 6.92 Å². The van der Waals surface area contributed by atoms with Crippen LogP contribution in [-0.2, 0) is 4.79 Å². The third-order valence-electron chi connectivity index (χ3n) is 3.02. The van der Waals surface area contributed by atoms with Gasteiger partial charge in [0.1, 0.15) is 11.6 Å². The molecule has 0 bridgehead atoms. The van der Waals surface area contributed by atoms with Crippen molar-refractivity contribution >= 4 is 23.4 Å². The quantitative estimate of drug-likeness (QED) is 0.849. The fourth-order valence-corrected chi connectivity index (χ4v) is 1.89. The molecule has 0 amide bonds. The lowest BCUT2D eigenvalue weighted by Gasteiger charge is -2.12. The lowest BCUT2D eigenvalue weighted by Crippen LogP contribution is -1.98. The lowest BCUT2D eigenvalue weighted by atomic mass is 10.1. The van der Waals surface area contributed by atoms with Crippen molar-refractivity contribution in [3.05, 3.63) is 53.7 Å². The van der Waals surface area contributed by atoms with Gasteiger partial charge in [0.25, 0.3) is 0 Å². The van der Waals surface area contributed by atoms with E-state index >= 15 is 0 Å². The van der Waals surface area contributed by atoms with Crippen LogP contribution in [0.15, 0.2) is 42.6 Å². The number of allylic oxidation sites excluding steroid dienone is 1. The van der Waals surface area contributed by atoms with Crippen LogP contribution in [0.1, 0.15) is 18.1 Å². The fraction of sp³-hybridized carbons (Fsp3) is 0.176. The van der Waals surface area contributed by atoms with Crippen molar-refractivity contribution < 1.29 is 9.53 Å². The highest BCUT2D eigenvalue weighted by atomic mass is 16.5. The molecule has 0 aliphatic heterocycles. The standard InChI is InChI=1S/C17H18N2O2/c1-12-11-15(21-3)8-9-16(12)19-17-14(5-4-10-18-17)7-6-13(2)20/h4-11H,1-3H3,(H,18,19)/b7-6+. The van der Waals surface area contributed by atoms with Crippen molar-refractivity contribution in [2.45, 2.75) is 13.8 Å². The van der Waals surface area contributed by atoms with Gasteiger partial charge < -0.3 is 10.1 Å². The van der Waals surface area contributed by atoms with Crippen LogP contribution in [0.3, 0.4) is 0 Å². The first-order valence-corrected chi connectivity index (χ1v) is 6.65. The first-order chi connectivity index (χ1) is 10.1. The number of aromatic nitrogens is 1. The molecule has 1 heterocycles. The van der Waals surface area contributed by atoms with E-state index in [1.165, 1.54) is 13.0 Å². The van der Waals surface area contributed by atoms with Crippen LogP contribution in [0.25, 0.3) is 6.08 Å². The Labute approximate surface area is 124 Å². The van der Waals surface area contributed by atoms with Crippen LogP contribution in [0.4, 0.5) is 11.5 Å². The largest absolute Gasteiger partial charge is 0.497 e. The topological polar surface area (TPSA) is 51.2 Å². The summed E-state index contributed by atoms with van der Waals surface area (Å²) in [5.74, 6) is 1.53. The van der Waals surface area contributed by atoms with Crippen molar-refractivity contribution in [3.63, 3.8) is 0 Å². The van der Waals surface area contributed by atoms with Gasteiger partial charge in [-0.3, -0.25) is 4.79 Å². The van der Waals surface area contributed by atoms with Crippen LogP contribution >= 0.6 is 0 Å². The van der Waals surface area contributed by atoms with E-state index in [0.29, 0.717) is 5.82 Å². The van der Waals surface area contributed by atoms with Gasteiger partial charge in [-0.05, 0) is 61.9 Å². The molecule has 0 atom stereocenters. The fourth-order valence-electron chi connectivity index (χ4n) is 1.89. The van der Waals surface area contributed by atoms with E-state index in [9.17, 15) is 4.79 Å². The number of rotatable bonds is 5. The molecule has 0 aliphatic carbocycles. The highest BCUT2D eigenvalue weighted by molar-refractivity contribution is 5.92. The molecule has 0 radical (unpaired) electrons. The van der Waals surface area contributed by atoms with Crippen molar-refractivity contribution in [1.29, 1.82) is 0 Å². The zero-order valence-corrected chi connectivity index (χ0v) is 12.4. The van der Waals surface area contributed by atoms with Crippen LogP contribution in [0.2, 0.25) is 0 Å². The number of nitrogens with one attached hydrogen (secondary N) is 1. The highest BCUT2D eigenvalue weighted by Crippen LogP contribution is 2.25. The Morgan fingerprint density at radius 2 is 2.14 bits per heavy atom. The van der Waals surface area contributed by atoms with Gasteiger partial charge in [0, 0.05) is 17.4 Å². The number of hydrogen-bond donors (Lipinski definition) is 1. The van der Waals surface area contributed by atoms with Crippen molar-refractivity contribution in [2.24, 2.45) is 0 Å². The molecule has 0 spiro atoms. The van der Waals surface area contributed by atoms with E-state index < -0.39 is 0 Å². The van der Waals surface area contributed by atoms with Crippen LogP contribution in [-0.4, -0.2) is 17.9 Å². The van der Waals surface area contributed by atoms with Gasteiger partial charge in [0.2, 0.25) is 0 Å². The van der Waals surface area contributed by atoms with Gasteiger partial charge in [0.15, 0.2) is 5.78 Å². The molecule has 2 aromatic rings. The normalized spacial score (nSPS) is 10.6. The monoisotopic (exact) mass is 282 g/mol. The molecule has 0 saturated carbocycles. The number of carbonyl (C=O) groups excluding carboxylic acids is 1. The minimum atomic E-state index is 0.00503. The minimum Gasteiger partial charge on any atom is -0.497 e. The second-order valence-corrected chi connectivity index (χ2v) is 4.69. The molecule has 21 heavy (non-hydrogen) atoms. The number of ketones is 1. The van der Waals surface area contributed by atoms with Gasteiger partial charge in [-0.15, -0.1) is 0 Å². The van der Waals surface area contributed by atoms with Crippen molar-refractivity contribution in [1.82, 2.24) is 4.98 Å². The van der Waals surface area contributed by atoms with Gasteiger partial charge in [-0.1, -0.05) is 0 Å². The van der Waals surface area contributed by atoms with E-state index in [2.05, 4.69) is 10.3 Å². The first-order valence-electron chi connectivity index (χ1n) is 6.65. The van der Waals surface area contributed by atoms with Gasteiger partial charge in [-0.25, -0.2) is 4.98 Å². The molecule has 4 nitrogen and oxygen atoms in total. The molecular formula is C17H18N2O2. The number of ether oxygens (including phenoxy) is 1. The Balaban J connectivity index is 2.29. The summed E-state index contributed by atoms with van der Waals surface area (Å²) in [5, 5.41) is 3.29. The van der Waals surface area contributed by atoms with Gasteiger partial charge >= 0.3 is 0 Å². The molecule has 0 saturated heterocycles. The number of benzene rings is 1. The lowest BCUT2D eigenvalue weighted by molar-refractivity contribution is -0.112. The molecule has 0 fully saturated rings. The number of carbonyl (C=O) groups is 1. The summed E-state index contributed by atoms with van der Waals surface area (Å²) in [4.78, 5) is 15.4. The van der Waals surface area contributed by atoms with Gasteiger partial charge in [0.05, 0.1) is 7.11 Å². The summed E-state index contributed by atoms with van der Waals surface area (Å²) >= 11 is 0. The average Bonchev–Trinajstić information content (AvgIpc) is 2.48. The van der Waals surface area contributed by atoms with Crippen molar-refractivity contribution in [2.75, 3.05) is 12.4 Å². The third kappa shape index (κ3) is 3.92. The second kappa shape index (κ2) is 6.70. The number of methoxy groups -OCH3 is 1. The molecule has 108 valence electrons. The maximum atomic E-state index is 11.1. The predicted molar refractivity (Wildman–Crippen MR) is 85.0 cm³/mol. The Bertz CT molecular complexity index is 678. The maximum Gasteiger partial charge on any atom is 0.152 e. The Morgan fingerprint density at radius 3 is 2.81 bits per heavy atom. The molecular weight excluding hydrogens is 264 g/mol. The van der Waals surface area contributed by atoms with E-state index in [0.717, 1.165) is 22.6 Å². The Hall–Kier alpha value is -2.62. The zero-order valence-electron chi connectivity index (χ0n) is 12.4. The maximum absolute atomic E-state index is 11.1. The first kappa shape index (κ1) is 14.8. The third-order valence-corrected chi connectivity index (χ3v) is 3.02. The van der Waals surface area contributed by atoms with Crippen molar-refractivity contribution in [3.8, 4) is 5.75 Å². The number of hydrogen-bond acceptors (Lipinski definition) is 4. The van der Waals surface area contributed by atoms with Crippen LogP contribution < -0.4 is 10.1 Å². The average molecular weight is 282 g/mol. The molecule has 1 aromatic heterocycles. The zero-order chi connectivity index (χ0) is 15.2. The van der Waals surface area contributed by atoms with E-state index in [1.807, 2.05) is 37.3 Å². The summed E-state index contributed by atoms with van der Waals surface area (Å²) in [6.07, 6.45) is 5.01. The van der Waals surface area contributed by atoms with E-state index in [4.69, 9.17) is 4.74 Å². The van der Waals surface area contributed by atoms with Gasteiger partial charge in [-0.2, -0.15) is 0 Å².